The Morgan fingerprint density at radius 2 is 2.13 bits per heavy atom. The molecule has 1 aliphatic rings. The highest BCUT2D eigenvalue weighted by molar-refractivity contribution is 5.96. The Morgan fingerprint density at radius 1 is 1.40 bits per heavy atom. The number of carbonyl (C=O) groups is 1. The Hall–Kier alpha value is -1.22. The fraction of sp³-hybridized carbons (Fsp3) is 0.417. The van der Waals surface area contributed by atoms with Crippen LogP contribution in [0.1, 0.15) is 29.6 Å². The molecule has 0 aliphatic carbocycles. The summed E-state index contributed by atoms with van der Waals surface area (Å²) in [5.74, 6) is -0.287. The summed E-state index contributed by atoms with van der Waals surface area (Å²) in [4.78, 5) is 11.7. The Kier molecular flexibility index (Phi) is 3.11. The van der Waals surface area contributed by atoms with E-state index >= 15 is 0 Å². The van der Waals surface area contributed by atoms with Crippen molar-refractivity contribution in [3.8, 4) is 0 Å². The first-order valence-electron chi connectivity index (χ1n) is 5.16. The molecule has 1 heterocycles. The molecule has 0 spiro atoms. The molecule has 1 aliphatic heterocycles. The summed E-state index contributed by atoms with van der Waals surface area (Å²) >= 11 is 0. The fourth-order valence-electron chi connectivity index (χ4n) is 1.77. The number of rotatable bonds is 3. The van der Waals surface area contributed by atoms with E-state index in [-0.39, 0.29) is 17.7 Å². The van der Waals surface area contributed by atoms with E-state index in [1.807, 2.05) is 0 Å². The van der Waals surface area contributed by atoms with Crippen LogP contribution in [0.4, 0.5) is 4.39 Å². The van der Waals surface area contributed by atoms with Gasteiger partial charge in [0.2, 0.25) is 0 Å². The van der Waals surface area contributed by atoms with E-state index in [1.165, 1.54) is 24.3 Å². The highest BCUT2D eigenvalue weighted by Gasteiger charge is 2.19. The molecule has 1 aromatic rings. The molecule has 2 rings (SSSR count). The second-order valence-electron chi connectivity index (χ2n) is 3.77. The van der Waals surface area contributed by atoms with Crippen LogP contribution in [0.2, 0.25) is 0 Å². The van der Waals surface area contributed by atoms with Crippen molar-refractivity contribution >= 4 is 5.78 Å². The summed E-state index contributed by atoms with van der Waals surface area (Å²) < 4.78 is 18.0. The highest BCUT2D eigenvalue weighted by atomic mass is 19.1. The van der Waals surface area contributed by atoms with Crippen LogP contribution in [0.3, 0.4) is 0 Å². The van der Waals surface area contributed by atoms with Gasteiger partial charge >= 0.3 is 0 Å². The number of hydrogen-bond acceptors (Lipinski definition) is 2. The standard InChI is InChI=1S/C12H13FO2/c13-10-5-3-9(4-6-10)12(14)8-11-2-1-7-15-11/h3-6,11H,1-2,7-8H2/t11-/m1/s1. The van der Waals surface area contributed by atoms with Crippen molar-refractivity contribution in [3.63, 3.8) is 0 Å². The number of halogens is 1. The zero-order valence-corrected chi connectivity index (χ0v) is 8.41. The Labute approximate surface area is 88.1 Å². The van der Waals surface area contributed by atoms with Gasteiger partial charge in [0.25, 0.3) is 0 Å². The quantitative estimate of drug-likeness (QED) is 0.713. The third-order valence-electron chi connectivity index (χ3n) is 2.60. The minimum absolute atomic E-state index is 0.0295. The number of hydrogen-bond donors (Lipinski definition) is 0. The summed E-state index contributed by atoms with van der Waals surface area (Å²) in [5.41, 5.74) is 0.562. The maximum Gasteiger partial charge on any atom is 0.165 e. The second kappa shape index (κ2) is 4.53. The topological polar surface area (TPSA) is 26.3 Å². The molecule has 0 saturated carbocycles. The van der Waals surface area contributed by atoms with E-state index in [1.54, 1.807) is 0 Å². The van der Waals surface area contributed by atoms with Gasteiger partial charge in [0.1, 0.15) is 5.82 Å². The van der Waals surface area contributed by atoms with Crippen molar-refractivity contribution in [2.24, 2.45) is 0 Å². The average molecular weight is 208 g/mol. The van der Waals surface area contributed by atoms with E-state index in [4.69, 9.17) is 4.74 Å². The van der Waals surface area contributed by atoms with Gasteiger partial charge in [-0.1, -0.05) is 0 Å². The molecule has 1 aromatic carbocycles. The third-order valence-corrected chi connectivity index (χ3v) is 2.60. The van der Waals surface area contributed by atoms with E-state index in [0.717, 1.165) is 19.4 Å². The average Bonchev–Trinajstić information content (AvgIpc) is 2.71. The van der Waals surface area contributed by atoms with Crippen molar-refractivity contribution in [2.45, 2.75) is 25.4 Å². The van der Waals surface area contributed by atoms with Gasteiger partial charge in [0, 0.05) is 18.6 Å². The summed E-state index contributed by atoms with van der Waals surface area (Å²) in [6, 6.07) is 5.66. The van der Waals surface area contributed by atoms with Gasteiger partial charge in [-0.15, -0.1) is 0 Å². The van der Waals surface area contributed by atoms with Gasteiger partial charge in [-0.2, -0.15) is 0 Å². The molecule has 15 heavy (non-hydrogen) atoms. The van der Waals surface area contributed by atoms with Gasteiger partial charge in [-0.25, -0.2) is 4.39 Å². The van der Waals surface area contributed by atoms with Crippen molar-refractivity contribution in [1.82, 2.24) is 0 Å². The van der Waals surface area contributed by atoms with Crippen LogP contribution in [-0.4, -0.2) is 18.5 Å². The normalized spacial score (nSPS) is 20.5. The van der Waals surface area contributed by atoms with Gasteiger partial charge in [-0.05, 0) is 37.1 Å². The van der Waals surface area contributed by atoms with Crippen LogP contribution in [0, 0.1) is 5.82 Å². The van der Waals surface area contributed by atoms with Crippen LogP contribution in [0.5, 0.6) is 0 Å². The van der Waals surface area contributed by atoms with E-state index in [9.17, 15) is 9.18 Å². The summed E-state index contributed by atoms with van der Waals surface area (Å²) in [5, 5.41) is 0. The minimum atomic E-state index is -0.316. The van der Waals surface area contributed by atoms with Crippen LogP contribution >= 0.6 is 0 Å². The van der Waals surface area contributed by atoms with Crippen LogP contribution in [0.25, 0.3) is 0 Å². The number of ketones is 1. The molecule has 0 unspecified atom stereocenters. The summed E-state index contributed by atoms with van der Waals surface area (Å²) in [7, 11) is 0. The van der Waals surface area contributed by atoms with E-state index in [2.05, 4.69) is 0 Å². The predicted molar refractivity (Wildman–Crippen MR) is 54.3 cm³/mol. The molecule has 0 radical (unpaired) electrons. The predicted octanol–water partition coefficient (Wildman–Crippen LogP) is 2.58. The molecular formula is C12H13FO2. The largest absolute Gasteiger partial charge is 0.378 e. The Balaban J connectivity index is 1.98. The van der Waals surface area contributed by atoms with Gasteiger partial charge in [0.05, 0.1) is 6.10 Å². The fourth-order valence-corrected chi connectivity index (χ4v) is 1.77. The second-order valence-corrected chi connectivity index (χ2v) is 3.77. The number of Topliss-reactive ketones (excluding diaryl/α,β-unsaturated/α-hetero) is 1. The summed E-state index contributed by atoms with van der Waals surface area (Å²) in [6.07, 6.45) is 2.45. The van der Waals surface area contributed by atoms with Crippen molar-refractivity contribution in [1.29, 1.82) is 0 Å². The Morgan fingerprint density at radius 3 is 2.73 bits per heavy atom. The Bertz CT molecular complexity index is 339. The summed E-state index contributed by atoms with van der Waals surface area (Å²) in [6.45, 7) is 0.751. The van der Waals surface area contributed by atoms with Crippen molar-refractivity contribution < 1.29 is 13.9 Å². The molecule has 3 heteroatoms. The first-order chi connectivity index (χ1) is 7.25. The molecule has 1 saturated heterocycles. The minimum Gasteiger partial charge on any atom is -0.378 e. The zero-order valence-electron chi connectivity index (χ0n) is 8.41. The lowest BCUT2D eigenvalue weighted by molar-refractivity contribution is 0.0775. The monoisotopic (exact) mass is 208 g/mol. The lowest BCUT2D eigenvalue weighted by atomic mass is 10.0. The first-order valence-corrected chi connectivity index (χ1v) is 5.16. The molecular weight excluding hydrogens is 195 g/mol. The van der Waals surface area contributed by atoms with E-state index < -0.39 is 0 Å². The maximum absolute atomic E-state index is 12.6. The SMILES string of the molecule is O=C(C[C@H]1CCCO1)c1ccc(F)cc1. The molecule has 0 aromatic heterocycles. The first kappa shape index (κ1) is 10.3. The molecule has 1 fully saturated rings. The number of benzene rings is 1. The molecule has 0 N–H and O–H groups in total. The van der Waals surface area contributed by atoms with Crippen molar-refractivity contribution in [3.05, 3.63) is 35.6 Å². The lowest BCUT2D eigenvalue weighted by Gasteiger charge is -2.07. The maximum atomic E-state index is 12.6. The highest BCUT2D eigenvalue weighted by Crippen LogP contribution is 2.17. The van der Waals surface area contributed by atoms with Gasteiger partial charge in [-0.3, -0.25) is 4.79 Å². The van der Waals surface area contributed by atoms with Crippen LogP contribution in [0.15, 0.2) is 24.3 Å². The lowest BCUT2D eigenvalue weighted by Crippen LogP contribution is -2.12. The van der Waals surface area contributed by atoms with E-state index in [0.29, 0.717) is 12.0 Å². The molecule has 0 amide bonds. The van der Waals surface area contributed by atoms with Crippen LogP contribution in [-0.2, 0) is 4.74 Å². The molecule has 80 valence electrons. The molecule has 0 bridgehead atoms. The van der Waals surface area contributed by atoms with Crippen LogP contribution < -0.4 is 0 Å². The van der Waals surface area contributed by atoms with Gasteiger partial charge in [0.15, 0.2) is 5.78 Å². The number of ether oxygens (including phenoxy) is 1. The molecule has 2 nitrogen and oxygen atoms in total. The number of carbonyl (C=O) groups excluding carboxylic acids is 1. The van der Waals surface area contributed by atoms with Gasteiger partial charge < -0.3 is 4.74 Å². The molecule has 1 atom stereocenters. The third kappa shape index (κ3) is 2.63. The zero-order chi connectivity index (χ0) is 10.7. The smallest absolute Gasteiger partial charge is 0.165 e. The van der Waals surface area contributed by atoms with Crippen molar-refractivity contribution in [2.75, 3.05) is 6.61 Å².